The van der Waals surface area contributed by atoms with Gasteiger partial charge in [0.25, 0.3) is 0 Å². The van der Waals surface area contributed by atoms with Gasteiger partial charge in [0.15, 0.2) is 0 Å². The second kappa shape index (κ2) is 3.78. The first-order valence-electron chi connectivity index (χ1n) is 3.59. The van der Waals surface area contributed by atoms with Crippen LogP contribution in [0.2, 0.25) is 0 Å². The van der Waals surface area contributed by atoms with E-state index in [1.807, 2.05) is 0 Å². The van der Waals surface area contributed by atoms with Crippen molar-refractivity contribution in [3.8, 4) is 0 Å². The van der Waals surface area contributed by atoms with Crippen molar-refractivity contribution in [2.45, 2.75) is 24.8 Å². The second-order valence-corrected chi connectivity index (χ2v) is 2.82. The highest BCUT2D eigenvalue weighted by atomic mass is 19.4. The molecule has 3 nitrogen and oxygen atoms in total. The van der Waals surface area contributed by atoms with Crippen LogP contribution in [0.25, 0.3) is 0 Å². The number of carbonyl (C=O) groups excluding carboxylic acids is 1. The summed E-state index contributed by atoms with van der Waals surface area (Å²) < 4.78 is 72.8. The van der Waals surface area contributed by atoms with Crippen molar-refractivity contribution in [2.75, 3.05) is 7.05 Å². The van der Waals surface area contributed by atoms with E-state index in [0.717, 1.165) is 12.4 Å². The quantitative estimate of drug-likeness (QED) is 0.672. The first-order chi connectivity index (χ1) is 6.45. The number of carbonyl (C=O) groups is 1. The molecule has 0 fully saturated rings. The largest absolute Gasteiger partial charge is 0.420 e. The highest BCUT2D eigenvalue weighted by Gasteiger charge is 2.68. The second-order valence-electron chi connectivity index (χ2n) is 2.82. The van der Waals surface area contributed by atoms with E-state index in [2.05, 4.69) is 0 Å². The molecule has 0 aliphatic carbocycles. The normalized spacial score (nSPS) is 13.6. The van der Waals surface area contributed by atoms with Crippen LogP contribution < -0.4 is 10.6 Å². The van der Waals surface area contributed by atoms with Crippen LogP contribution in [0.3, 0.4) is 0 Å². The summed E-state index contributed by atoms with van der Waals surface area (Å²) in [4.78, 5) is 10.5. The van der Waals surface area contributed by atoms with Gasteiger partial charge in [0, 0.05) is 7.05 Å². The third kappa shape index (κ3) is 2.66. The van der Waals surface area contributed by atoms with Crippen molar-refractivity contribution >= 4 is 6.03 Å². The number of urea groups is 1. The predicted molar refractivity (Wildman–Crippen MR) is 38.1 cm³/mol. The van der Waals surface area contributed by atoms with E-state index in [9.17, 15) is 31.1 Å². The number of hydrogen-bond donors (Lipinski definition) is 2. The Kier molecular flexibility index (Phi) is 3.49. The SMILES string of the molecule is CNC(=O)NC(C)(C(F)(F)F)C(F)(F)F. The lowest BCUT2D eigenvalue weighted by Gasteiger charge is -2.34. The third-order valence-corrected chi connectivity index (χ3v) is 1.72. The third-order valence-electron chi connectivity index (χ3n) is 1.72. The first-order valence-corrected chi connectivity index (χ1v) is 3.59. The summed E-state index contributed by atoms with van der Waals surface area (Å²) in [5, 5.41) is 2.44. The maximum Gasteiger partial charge on any atom is 0.420 e. The zero-order valence-corrected chi connectivity index (χ0v) is 7.68. The maximum atomic E-state index is 12.1. The van der Waals surface area contributed by atoms with Gasteiger partial charge < -0.3 is 10.6 Å². The summed E-state index contributed by atoms with van der Waals surface area (Å²) in [7, 11) is 0.905. The van der Waals surface area contributed by atoms with E-state index in [-0.39, 0.29) is 6.92 Å². The molecule has 9 heteroatoms. The van der Waals surface area contributed by atoms with Crippen molar-refractivity contribution in [2.24, 2.45) is 0 Å². The van der Waals surface area contributed by atoms with Crippen molar-refractivity contribution in [1.29, 1.82) is 0 Å². The van der Waals surface area contributed by atoms with Gasteiger partial charge in [-0.15, -0.1) is 0 Å². The minimum atomic E-state index is -5.63. The van der Waals surface area contributed by atoms with Gasteiger partial charge >= 0.3 is 18.4 Å². The van der Waals surface area contributed by atoms with Crippen LogP contribution in [0.4, 0.5) is 31.1 Å². The summed E-state index contributed by atoms with van der Waals surface area (Å²) in [5.74, 6) is 0. The molecule has 0 aromatic heterocycles. The summed E-state index contributed by atoms with van der Waals surface area (Å²) in [6.45, 7) is -0.151. The molecule has 0 atom stereocenters. The van der Waals surface area contributed by atoms with Gasteiger partial charge in [0.2, 0.25) is 5.54 Å². The molecule has 0 spiro atoms. The van der Waals surface area contributed by atoms with Gasteiger partial charge in [-0.1, -0.05) is 0 Å². The Labute approximate surface area is 80.8 Å². The van der Waals surface area contributed by atoms with Crippen LogP contribution in [0.1, 0.15) is 6.92 Å². The lowest BCUT2D eigenvalue weighted by Crippen LogP contribution is -2.66. The fourth-order valence-electron chi connectivity index (χ4n) is 0.592. The monoisotopic (exact) mass is 238 g/mol. The van der Waals surface area contributed by atoms with E-state index in [1.54, 1.807) is 5.32 Å². The van der Waals surface area contributed by atoms with Crippen LogP contribution in [0.5, 0.6) is 0 Å². The van der Waals surface area contributed by atoms with E-state index in [1.165, 1.54) is 0 Å². The summed E-state index contributed by atoms with van der Waals surface area (Å²) >= 11 is 0. The Bertz CT molecular complexity index is 231. The van der Waals surface area contributed by atoms with E-state index in [0.29, 0.717) is 0 Å². The summed E-state index contributed by atoms with van der Waals surface area (Å²) in [6.07, 6.45) is -11.3. The Morgan fingerprint density at radius 3 is 1.53 bits per heavy atom. The van der Waals surface area contributed by atoms with Crippen molar-refractivity contribution in [1.82, 2.24) is 10.6 Å². The lowest BCUT2D eigenvalue weighted by atomic mass is 10.0. The van der Waals surface area contributed by atoms with E-state index < -0.39 is 23.9 Å². The van der Waals surface area contributed by atoms with E-state index in [4.69, 9.17) is 0 Å². The molecule has 0 saturated heterocycles. The maximum absolute atomic E-state index is 12.1. The van der Waals surface area contributed by atoms with Crippen molar-refractivity contribution < 1.29 is 31.1 Å². The van der Waals surface area contributed by atoms with Crippen LogP contribution >= 0.6 is 0 Å². The molecule has 0 aliphatic heterocycles. The molecule has 0 bridgehead atoms. The number of amides is 2. The van der Waals surface area contributed by atoms with Gasteiger partial charge in [-0.2, -0.15) is 26.3 Å². The molecule has 2 amide bonds. The molecule has 0 saturated carbocycles. The molecule has 0 aromatic rings. The molecule has 0 unspecified atom stereocenters. The molecular weight excluding hydrogens is 230 g/mol. The number of halogens is 6. The average Bonchev–Trinajstić information content (AvgIpc) is 1.99. The topological polar surface area (TPSA) is 41.1 Å². The average molecular weight is 238 g/mol. The molecular formula is C6H8F6N2O. The van der Waals surface area contributed by atoms with Crippen molar-refractivity contribution in [3.63, 3.8) is 0 Å². The number of rotatable bonds is 1. The lowest BCUT2D eigenvalue weighted by molar-refractivity contribution is -0.297. The van der Waals surface area contributed by atoms with Crippen LogP contribution in [-0.4, -0.2) is 31.0 Å². The number of nitrogens with one attached hydrogen (secondary N) is 2. The fourth-order valence-corrected chi connectivity index (χ4v) is 0.592. The van der Waals surface area contributed by atoms with Gasteiger partial charge in [-0.25, -0.2) is 4.79 Å². The zero-order valence-electron chi connectivity index (χ0n) is 7.68. The minimum absolute atomic E-state index is 0.151. The number of alkyl halides is 6. The van der Waals surface area contributed by atoms with Gasteiger partial charge in [0.05, 0.1) is 0 Å². The molecule has 15 heavy (non-hydrogen) atoms. The first kappa shape index (κ1) is 13.8. The smallest absolute Gasteiger partial charge is 0.341 e. The predicted octanol–water partition coefficient (Wildman–Crippen LogP) is 1.80. The Morgan fingerprint density at radius 2 is 1.33 bits per heavy atom. The molecule has 2 N–H and O–H groups in total. The van der Waals surface area contributed by atoms with Gasteiger partial charge in [-0.3, -0.25) is 0 Å². The van der Waals surface area contributed by atoms with E-state index >= 15 is 0 Å². The molecule has 0 aliphatic rings. The minimum Gasteiger partial charge on any atom is -0.341 e. The summed E-state index contributed by atoms with van der Waals surface area (Å²) in [5.41, 5.74) is -4.26. The van der Waals surface area contributed by atoms with Gasteiger partial charge in [0.1, 0.15) is 0 Å². The standard InChI is InChI=1S/C6H8F6N2O/c1-4(5(7,8)9,6(10,11)12)14-3(15)13-2/h1-2H3,(H2,13,14,15). The molecule has 90 valence electrons. The Morgan fingerprint density at radius 1 is 1.00 bits per heavy atom. The molecule has 0 heterocycles. The Balaban J connectivity index is 5.15. The van der Waals surface area contributed by atoms with Crippen LogP contribution in [0.15, 0.2) is 0 Å². The van der Waals surface area contributed by atoms with Gasteiger partial charge in [-0.05, 0) is 6.92 Å². The van der Waals surface area contributed by atoms with Crippen LogP contribution in [-0.2, 0) is 0 Å². The fraction of sp³-hybridized carbons (Fsp3) is 0.833. The molecule has 0 rings (SSSR count). The zero-order chi connectivity index (χ0) is 12.5. The number of hydrogen-bond acceptors (Lipinski definition) is 1. The Hall–Kier alpha value is -1.15. The van der Waals surface area contributed by atoms with Crippen molar-refractivity contribution in [3.05, 3.63) is 0 Å². The highest BCUT2D eigenvalue weighted by Crippen LogP contribution is 2.42. The molecule has 0 aromatic carbocycles. The van der Waals surface area contributed by atoms with Crippen LogP contribution in [0, 0.1) is 0 Å². The molecule has 0 radical (unpaired) electrons. The highest BCUT2D eigenvalue weighted by molar-refractivity contribution is 5.74. The summed E-state index contributed by atoms with van der Waals surface area (Å²) in [6, 6.07) is -1.56.